The van der Waals surface area contributed by atoms with Gasteiger partial charge in [0.05, 0.1) is 12.0 Å². The third kappa shape index (κ3) is 6.58. The average Bonchev–Trinajstić information content (AvgIpc) is 3.32. The van der Waals surface area contributed by atoms with Crippen molar-refractivity contribution in [2.24, 2.45) is 5.73 Å². The summed E-state index contributed by atoms with van der Waals surface area (Å²) in [5.74, 6) is -1.47. The van der Waals surface area contributed by atoms with E-state index in [1.165, 1.54) is 5.56 Å². The van der Waals surface area contributed by atoms with E-state index in [1.807, 2.05) is 19.9 Å². The maximum Gasteiger partial charge on any atom is 0.340 e. The van der Waals surface area contributed by atoms with Crippen LogP contribution in [0.1, 0.15) is 73.5 Å². The molecule has 3 aromatic rings. The number of hydrogen-bond acceptors (Lipinski definition) is 7. The molecule has 1 unspecified atom stereocenters. The van der Waals surface area contributed by atoms with Gasteiger partial charge < -0.3 is 35.6 Å². The summed E-state index contributed by atoms with van der Waals surface area (Å²) in [6.45, 7) is 5.63. The minimum atomic E-state index is -1.24. The van der Waals surface area contributed by atoms with Crippen LogP contribution < -0.4 is 27.3 Å². The van der Waals surface area contributed by atoms with Gasteiger partial charge in [-0.1, -0.05) is 13.3 Å². The summed E-state index contributed by atoms with van der Waals surface area (Å²) in [5.41, 5.74) is 8.26. The number of carbonyl (C=O) groups excluding carboxylic acids is 3. The summed E-state index contributed by atoms with van der Waals surface area (Å²) >= 11 is 0. The first kappa shape index (κ1) is 30.6. The lowest BCUT2D eigenvalue weighted by molar-refractivity contribution is -0.142. The number of nitrogens with one attached hydrogen (secondary N) is 3. The quantitative estimate of drug-likeness (QED) is 0.159. The summed E-state index contributed by atoms with van der Waals surface area (Å²) in [4.78, 5) is 61.6. The van der Waals surface area contributed by atoms with Crippen LogP contribution in [-0.2, 0) is 33.6 Å². The van der Waals surface area contributed by atoms with Gasteiger partial charge in [-0.3, -0.25) is 9.59 Å². The number of primary amides is 1. The molecule has 1 aliphatic carbocycles. The molecule has 6 N–H and O–H groups in total. The van der Waals surface area contributed by atoms with Gasteiger partial charge in [0.1, 0.15) is 29.0 Å². The Bertz CT molecular complexity index is 1590. The van der Waals surface area contributed by atoms with Gasteiger partial charge in [0.25, 0.3) is 0 Å². The van der Waals surface area contributed by atoms with Crippen LogP contribution in [0.3, 0.4) is 0 Å². The van der Waals surface area contributed by atoms with Crippen molar-refractivity contribution in [2.75, 3.05) is 6.54 Å². The molecule has 42 heavy (non-hydrogen) atoms. The second-order valence-electron chi connectivity index (χ2n) is 10.9. The first-order valence-corrected chi connectivity index (χ1v) is 14.4. The van der Waals surface area contributed by atoms with Gasteiger partial charge >= 0.3 is 17.6 Å². The number of carboxylic acid groups (broad SMARTS) is 1. The number of aliphatic carboxylic acids is 1. The molecule has 0 saturated carbocycles. The summed E-state index contributed by atoms with van der Waals surface area (Å²) in [5, 5.41) is 18.8. The van der Waals surface area contributed by atoms with Gasteiger partial charge in [-0.2, -0.15) is 0 Å². The number of amides is 4. The van der Waals surface area contributed by atoms with Crippen molar-refractivity contribution in [3.8, 4) is 0 Å². The van der Waals surface area contributed by atoms with Gasteiger partial charge in [-0.05, 0) is 64.0 Å². The lowest BCUT2D eigenvalue weighted by Crippen LogP contribution is -2.52. The predicted octanol–water partition coefficient (Wildman–Crippen LogP) is 2.88. The minimum absolute atomic E-state index is 0.0536. The van der Waals surface area contributed by atoms with Crippen molar-refractivity contribution < 1.29 is 33.1 Å². The molecule has 2 heterocycles. The van der Waals surface area contributed by atoms with E-state index in [1.54, 1.807) is 6.92 Å². The lowest BCUT2D eigenvalue weighted by Gasteiger charge is -2.21. The highest BCUT2D eigenvalue weighted by Gasteiger charge is 2.27. The van der Waals surface area contributed by atoms with Gasteiger partial charge in [0.15, 0.2) is 0 Å². The number of rotatable bonds is 12. The van der Waals surface area contributed by atoms with E-state index in [9.17, 15) is 29.1 Å². The molecule has 0 radical (unpaired) electrons. The molecule has 226 valence electrons. The molecule has 0 bridgehead atoms. The summed E-state index contributed by atoms with van der Waals surface area (Å²) in [6, 6.07) is -0.966. The Morgan fingerprint density at radius 1 is 0.976 bits per heavy atom. The molecule has 12 nitrogen and oxygen atoms in total. The van der Waals surface area contributed by atoms with E-state index in [4.69, 9.17) is 14.6 Å². The molecular formula is C30H38N4O8. The van der Waals surface area contributed by atoms with Crippen molar-refractivity contribution in [2.45, 2.75) is 90.6 Å². The molecule has 0 spiro atoms. The van der Waals surface area contributed by atoms with Crippen LogP contribution >= 0.6 is 0 Å². The second kappa shape index (κ2) is 13.1. The Labute approximate surface area is 242 Å². The second-order valence-corrected chi connectivity index (χ2v) is 10.9. The van der Waals surface area contributed by atoms with Gasteiger partial charge in [0, 0.05) is 34.9 Å². The van der Waals surface area contributed by atoms with Crippen LogP contribution in [0.4, 0.5) is 4.79 Å². The third-order valence-electron chi connectivity index (χ3n) is 7.87. The first-order chi connectivity index (χ1) is 20.0. The normalized spacial score (nSPS) is 14.3. The zero-order valence-electron chi connectivity index (χ0n) is 24.2. The highest BCUT2D eigenvalue weighted by atomic mass is 16.4. The van der Waals surface area contributed by atoms with Crippen LogP contribution in [0.15, 0.2) is 19.7 Å². The first-order valence-electron chi connectivity index (χ1n) is 14.4. The van der Waals surface area contributed by atoms with Gasteiger partial charge in [-0.25, -0.2) is 14.4 Å². The average molecular weight is 583 g/mol. The van der Waals surface area contributed by atoms with Crippen LogP contribution in [0.5, 0.6) is 0 Å². The van der Waals surface area contributed by atoms with Crippen molar-refractivity contribution in [3.63, 3.8) is 0 Å². The fourth-order valence-electron chi connectivity index (χ4n) is 5.63. The molecule has 2 aromatic heterocycles. The maximum absolute atomic E-state index is 13.1. The highest BCUT2D eigenvalue weighted by Crippen LogP contribution is 2.37. The smallest absolute Gasteiger partial charge is 0.340 e. The molecule has 12 heteroatoms. The lowest BCUT2D eigenvalue weighted by atomic mass is 9.93. The number of urea groups is 1. The Kier molecular flexibility index (Phi) is 9.54. The van der Waals surface area contributed by atoms with E-state index in [0.717, 1.165) is 53.4 Å². The minimum Gasteiger partial charge on any atom is -0.480 e. The monoisotopic (exact) mass is 582 g/mol. The topological polar surface area (TPSA) is 194 Å². The van der Waals surface area contributed by atoms with E-state index < -0.39 is 41.5 Å². The Balaban J connectivity index is 1.52. The standard InChI is InChI=1S/C30H38N4O8/c1-4-8-21(27(36)34-22(28(37)38)10-7-12-32-30(31)40)33-24(35)14-19-15(2)18-13-20-17-9-5-6-11-23(17)41-26(20)16(3)25(18)42-29(19)39/h13,21-22H,4-12,14H2,1-3H3,(H,33,35)(H,34,36)(H,37,38)(H3,31,32,40)/t21?,22-/m1/s1. The molecule has 0 aliphatic heterocycles. The number of nitrogens with two attached hydrogens (primary N) is 1. The number of furan rings is 1. The summed E-state index contributed by atoms with van der Waals surface area (Å²) < 4.78 is 11.9. The predicted molar refractivity (Wildman–Crippen MR) is 155 cm³/mol. The molecule has 0 fully saturated rings. The molecule has 2 atom stereocenters. The SMILES string of the molecule is CCCC(NC(=O)Cc1c(C)c2cc3c4c(oc3c(C)c2oc1=O)CCCC4)C(=O)N[C@H](CCCNC(N)=O)C(=O)O. The Hall–Kier alpha value is -4.35. The summed E-state index contributed by atoms with van der Waals surface area (Å²) in [6.07, 6.45) is 4.78. The molecule has 4 amide bonds. The number of aryl methyl sites for hydroxylation is 4. The third-order valence-corrected chi connectivity index (χ3v) is 7.87. The van der Waals surface area contributed by atoms with E-state index in [2.05, 4.69) is 16.0 Å². The van der Waals surface area contributed by atoms with E-state index in [0.29, 0.717) is 17.6 Å². The fourth-order valence-corrected chi connectivity index (χ4v) is 5.63. The van der Waals surface area contributed by atoms with Crippen molar-refractivity contribution >= 4 is 45.8 Å². The fraction of sp³-hybridized carbons (Fsp3) is 0.500. The van der Waals surface area contributed by atoms with Gasteiger partial charge in [-0.15, -0.1) is 0 Å². The van der Waals surface area contributed by atoms with Crippen LogP contribution in [-0.4, -0.2) is 47.5 Å². The highest BCUT2D eigenvalue weighted by molar-refractivity contribution is 6.00. The zero-order valence-corrected chi connectivity index (χ0v) is 24.2. The summed E-state index contributed by atoms with van der Waals surface area (Å²) in [7, 11) is 0. The molecule has 0 saturated heterocycles. The van der Waals surface area contributed by atoms with E-state index >= 15 is 0 Å². The largest absolute Gasteiger partial charge is 0.480 e. The number of carbonyl (C=O) groups is 4. The molecule has 1 aliphatic rings. The number of benzene rings is 1. The zero-order chi connectivity index (χ0) is 30.6. The van der Waals surface area contributed by atoms with Crippen molar-refractivity contribution in [1.29, 1.82) is 0 Å². The van der Waals surface area contributed by atoms with E-state index in [-0.39, 0.29) is 37.8 Å². The Morgan fingerprint density at radius 2 is 1.69 bits per heavy atom. The van der Waals surface area contributed by atoms with Crippen molar-refractivity contribution in [3.05, 3.63) is 44.5 Å². The van der Waals surface area contributed by atoms with Crippen molar-refractivity contribution in [1.82, 2.24) is 16.0 Å². The van der Waals surface area contributed by atoms with Crippen LogP contribution in [0, 0.1) is 13.8 Å². The molecular weight excluding hydrogens is 544 g/mol. The number of carboxylic acids is 1. The number of fused-ring (bicyclic) bond motifs is 4. The van der Waals surface area contributed by atoms with Gasteiger partial charge in [0.2, 0.25) is 11.8 Å². The molecule has 1 aromatic carbocycles. The van der Waals surface area contributed by atoms with Crippen LogP contribution in [0.2, 0.25) is 0 Å². The van der Waals surface area contributed by atoms with Crippen LogP contribution in [0.25, 0.3) is 21.9 Å². The number of hydrogen-bond donors (Lipinski definition) is 5. The maximum atomic E-state index is 13.1. The Morgan fingerprint density at radius 3 is 2.38 bits per heavy atom. The molecule has 4 rings (SSSR count).